The van der Waals surface area contributed by atoms with Crippen LogP contribution in [0, 0.1) is 0 Å². The number of benzene rings is 4. The Morgan fingerprint density at radius 3 is 2.03 bits per heavy atom. The van der Waals surface area contributed by atoms with Crippen molar-refractivity contribution in [1.29, 1.82) is 0 Å². The summed E-state index contributed by atoms with van der Waals surface area (Å²) in [7, 11) is 0. The van der Waals surface area contributed by atoms with Crippen LogP contribution in [0.2, 0.25) is 5.02 Å². The highest BCUT2D eigenvalue weighted by Gasteiger charge is 2.15. The standard InChI is InChI=1S/C27H22ClNO3/c28-22-12-7-13-23(16-22)29-27(30)25-15-14-24(31-18-20-8-3-1-4-9-20)17-26(25)32-19-21-10-5-2-6-11-21/h1-17H,18-19H2,(H,29,30). The predicted molar refractivity (Wildman–Crippen MR) is 127 cm³/mol. The summed E-state index contributed by atoms with van der Waals surface area (Å²) >= 11 is 6.04. The zero-order valence-electron chi connectivity index (χ0n) is 17.3. The molecule has 0 heterocycles. The number of hydrogen-bond acceptors (Lipinski definition) is 3. The summed E-state index contributed by atoms with van der Waals surface area (Å²) in [6.45, 7) is 0.757. The number of ether oxygens (including phenoxy) is 2. The molecule has 0 fully saturated rings. The maximum atomic E-state index is 13.0. The van der Waals surface area contributed by atoms with Crippen LogP contribution in [0.5, 0.6) is 11.5 Å². The van der Waals surface area contributed by atoms with Crippen LogP contribution < -0.4 is 14.8 Å². The van der Waals surface area contributed by atoms with Crippen molar-refractivity contribution in [2.75, 3.05) is 5.32 Å². The second-order valence-electron chi connectivity index (χ2n) is 7.17. The molecule has 1 N–H and O–H groups in total. The lowest BCUT2D eigenvalue weighted by Crippen LogP contribution is -2.14. The van der Waals surface area contributed by atoms with Crippen molar-refractivity contribution in [3.8, 4) is 11.5 Å². The van der Waals surface area contributed by atoms with E-state index in [9.17, 15) is 4.79 Å². The van der Waals surface area contributed by atoms with Crippen LogP contribution in [0.4, 0.5) is 5.69 Å². The van der Waals surface area contributed by atoms with E-state index in [4.69, 9.17) is 21.1 Å². The fourth-order valence-electron chi connectivity index (χ4n) is 3.14. The Labute approximate surface area is 192 Å². The molecular weight excluding hydrogens is 422 g/mol. The second-order valence-corrected chi connectivity index (χ2v) is 7.61. The molecule has 4 aromatic rings. The Morgan fingerprint density at radius 1 is 0.719 bits per heavy atom. The Bertz CT molecular complexity index is 1180. The van der Waals surface area contributed by atoms with Gasteiger partial charge in [-0.05, 0) is 41.5 Å². The molecule has 1 amide bonds. The molecule has 0 saturated carbocycles. The normalized spacial score (nSPS) is 10.4. The number of rotatable bonds is 8. The van der Waals surface area contributed by atoms with Gasteiger partial charge in [-0.15, -0.1) is 0 Å². The molecule has 0 atom stereocenters. The number of amides is 1. The first-order valence-electron chi connectivity index (χ1n) is 10.2. The van der Waals surface area contributed by atoms with Crippen molar-refractivity contribution < 1.29 is 14.3 Å². The molecule has 0 radical (unpaired) electrons. The Morgan fingerprint density at radius 2 is 1.38 bits per heavy atom. The van der Waals surface area contributed by atoms with E-state index >= 15 is 0 Å². The molecule has 0 unspecified atom stereocenters. The minimum absolute atomic E-state index is 0.287. The Kier molecular flexibility index (Phi) is 7.05. The first-order chi connectivity index (χ1) is 15.7. The lowest BCUT2D eigenvalue weighted by atomic mass is 10.1. The average Bonchev–Trinajstić information content (AvgIpc) is 2.83. The summed E-state index contributed by atoms with van der Waals surface area (Å²) < 4.78 is 12.0. The zero-order valence-corrected chi connectivity index (χ0v) is 18.1. The monoisotopic (exact) mass is 443 g/mol. The van der Waals surface area contributed by atoms with Crippen LogP contribution in [0.15, 0.2) is 103 Å². The molecule has 4 rings (SSSR count). The Balaban J connectivity index is 1.54. The number of anilines is 1. The maximum Gasteiger partial charge on any atom is 0.259 e. The van der Waals surface area contributed by atoms with Gasteiger partial charge in [0.2, 0.25) is 0 Å². The maximum absolute atomic E-state index is 13.0. The molecule has 0 saturated heterocycles. The van der Waals surface area contributed by atoms with Crippen molar-refractivity contribution in [2.24, 2.45) is 0 Å². The highest BCUT2D eigenvalue weighted by molar-refractivity contribution is 6.31. The van der Waals surface area contributed by atoms with Gasteiger partial charge in [0.05, 0.1) is 5.56 Å². The van der Waals surface area contributed by atoms with Gasteiger partial charge in [-0.25, -0.2) is 0 Å². The van der Waals surface area contributed by atoms with E-state index < -0.39 is 0 Å². The zero-order chi connectivity index (χ0) is 22.2. The molecule has 5 heteroatoms. The first kappa shape index (κ1) is 21.5. The summed E-state index contributed by atoms with van der Waals surface area (Å²) in [4.78, 5) is 13.0. The van der Waals surface area contributed by atoms with Gasteiger partial charge in [0.1, 0.15) is 24.7 Å². The van der Waals surface area contributed by atoms with E-state index in [1.54, 1.807) is 42.5 Å². The fourth-order valence-corrected chi connectivity index (χ4v) is 3.33. The number of nitrogens with one attached hydrogen (secondary N) is 1. The van der Waals surface area contributed by atoms with Crippen molar-refractivity contribution in [3.05, 3.63) is 125 Å². The molecule has 32 heavy (non-hydrogen) atoms. The predicted octanol–water partition coefficient (Wildman–Crippen LogP) is 6.75. The highest BCUT2D eigenvalue weighted by Crippen LogP contribution is 2.28. The van der Waals surface area contributed by atoms with Crippen molar-refractivity contribution in [2.45, 2.75) is 13.2 Å². The van der Waals surface area contributed by atoms with Crippen molar-refractivity contribution in [1.82, 2.24) is 0 Å². The minimum atomic E-state index is -0.287. The lowest BCUT2D eigenvalue weighted by Gasteiger charge is -2.14. The third kappa shape index (κ3) is 5.90. The number of hydrogen-bond donors (Lipinski definition) is 1. The third-order valence-corrected chi connectivity index (χ3v) is 5.00. The summed E-state index contributed by atoms with van der Waals surface area (Å²) in [5.41, 5.74) is 3.08. The van der Waals surface area contributed by atoms with Gasteiger partial charge in [-0.1, -0.05) is 78.3 Å². The molecule has 0 aliphatic rings. The molecule has 0 spiro atoms. The van der Waals surface area contributed by atoms with Gasteiger partial charge in [0.15, 0.2) is 0 Å². The van der Waals surface area contributed by atoms with E-state index in [-0.39, 0.29) is 5.91 Å². The van der Waals surface area contributed by atoms with Gasteiger partial charge in [-0.3, -0.25) is 4.79 Å². The quantitative estimate of drug-likeness (QED) is 0.327. The van der Waals surface area contributed by atoms with E-state index in [2.05, 4.69) is 5.32 Å². The Hall–Kier alpha value is -3.76. The largest absolute Gasteiger partial charge is 0.489 e. The van der Waals surface area contributed by atoms with E-state index in [1.807, 2.05) is 60.7 Å². The molecular formula is C27H22ClNO3. The summed E-state index contributed by atoms with van der Waals surface area (Å²) in [5, 5.41) is 3.42. The van der Waals surface area contributed by atoms with Gasteiger partial charge in [-0.2, -0.15) is 0 Å². The summed E-state index contributed by atoms with van der Waals surface area (Å²) in [6, 6.07) is 31.9. The van der Waals surface area contributed by atoms with E-state index in [1.165, 1.54) is 0 Å². The van der Waals surface area contributed by atoms with Gasteiger partial charge < -0.3 is 14.8 Å². The van der Waals surface area contributed by atoms with Crippen molar-refractivity contribution >= 4 is 23.2 Å². The molecule has 0 aliphatic carbocycles. The number of carbonyl (C=O) groups is 1. The van der Waals surface area contributed by atoms with Crippen LogP contribution in [-0.4, -0.2) is 5.91 Å². The summed E-state index contributed by atoms with van der Waals surface area (Å²) in [5.74, 6) is 0.778. The van der Waals surface area contributed by atoms with Crippen LogP contribution in [0.1, 0.15) is 21.5 Å². The van der Waals surface area contributed by atoms with Gasteiger partial charge in [0, 0.05) is 16.8 Å². The van der Waals surface area contributed by atoms with Gasteiger partial charge in [0.25, 0.3) is 5.91 Å². The molecule has 4 aromatic carbocycles. The number of carbonyl (C=O) groups excluding carboxylic acids is 1. The van der Waals surface area contributed by atoms with Crippen LogP contribution in [0.25, 0.3) is 0 Å². The highest BCUT2D eigenvalue weighted by atomic mass is 35.5. The van der Waals surface area contributed by atoms with Crippen LogP contribution in [-0.2, 0) is 13.2 Å². The van der Waals surface area contributed by atoms with E-state index in [0.29, 0.717) is 41.0 Å². The third-order valence-electron chi connectivity index (χ3n) is 4.77. The lowest BCUT2D eigenvalue weighted by molar-refractivity contribution is 0.102. The van der Waals surface area contributed by atoms with E-state index in [0.717, 1.165) is 11.1 Å². The number of halogens is 1. The molecule has 4 nitrogen and oxygen atoms in total. The molecule has 0 bridgehead atoms. The second kappa shape index (κ2) is 10.5. The fraction of sp³-hybridized carbons (Fsp3) is 0.0741. The smallest absolute Gasteiger partial charge is 0.259 e. The molecule has 160 valence electrons. The average molecular weight is 444 g/mol. The van der Waals surface area contributed by atoms with Gasteiger partial charge >= 0.3 is 0 Å². The summed E-state index contributed by atoms with van der Waals surface area (Å²) in [6.07, 6.45) is 0. The van der Waals surface area contributed by atoms with Crippen LogP contribution in [0.3, 0.4) is 0 Å². The van der Waals surface area contributed by atoms with Crippen LogP contribution >= 0.6 is 11.6 Å². The topological polar surface area (TPSA) is 47.6 Å². The SMILES string of the molecule is O=C(Nc1cccc(Cl)c1)c1ccc(OCc2ccccc2)cc1OCc1ccccc1. The first-order valence-corrected chi connectivity index (χ1v) is 10.6. The molecule has 0 aromatic heterocycles. The minimum Gasteiger partial charge on any atom is -0.489 e. The van der Waals surface area contributed by atoms with Crippen molar-refractivity contribution in [3.63, 3.8) is 0 Å². The molecule has 0 aliphatic heterocycles.